The molecular weight excluding hydrogens is 261 g/mol. The van der Waals surface area contributed by atoms with Crippen molar-refractivity contribution in [3.8, 4) is 11.5 Å². The molecule has 17 heavy (non-hydrogen) atoms. The maximum Gasteiger partial charge on any atom is 0.161 e. The predicted molar refractivity (Wildman–Crippen MR) is 70.9 cm³/mol. The Bertz CT molecular complexity index is 405. The average molecular weight is 276 g/mol. The van der Waals surface area contributed by atoms with Crippen molar-refractivity contribution in [2.24, 2.45) is 5.73 Å². The first-order valence-corrected chi connectivity index (χ1v) is 5.91. The molecular formula is C12H15Cl2NO2. The van der Waals surface area contributed by atoms with E-state index < -0.39 is 0 Å². The number of methoxy groups -OCH3 is 1. The molecule has 0 heterocycles. The summed E-state index contributed by atoms with van der Waals surface area (Å²) < 4.78 is 10.7. The van der Waals surface area contributed by atoms with E-state index in [0.29, 0.717) is 16.5 Å². The minimum Gasteiger partial charge on any atom is -0.493 e. The van der Waals surface area contributed by atoms with Gasteiger partial charge < -0.3 is 15.2 Å². The third-order valence-electron chi connectivity index (χ3n) is 2.20. The van der Waals surface area contributed by atoms with Crippen LogP contribution in [0.4, 0.5) is 0 Å². The molecule has 1 rings (SSSR count). The molecule has 0 aliphatic rings. The maximum atomic E-state index is 5.79. The lowest BCUT2D eigenvalue weighted by Crippen LogP contribution is -2.06. The highest BCUT2D eigenvalue weighted by Gasteiger charge is 2.08. The summed E-state index contributed by atoms with van der Waals surface area (Å²) in [5, 5.41) is 0.421. The summed E-state index contributed by atoms with van der Waals surface area (Å²) in [5.41, 5.74) is 8.04. The Morgan fingerprint density at radius 1 is 1.47 bits per heavy atom. The SMILES string of the molecule is COc1cc([C@@H](C)N)ccc1OCC(Cl)=CCl. The molecule has 0 amide bonds. The Labute approximate surface area is 111 Å². The summed E-state index contributed by atoms with van der Waals surface area (Å²) in [7, 11) is 1.58. The van der Waals surface area contributed by atoms with Crippen LogP contribution >= 0.6 is 23.2 Å². The second kappa shape index (κ2) is 6.74. The van der Waals surface area contributed by atoms with E-state index in [2.05, 4.69) is 0 Å². The Hall–Kier alpha value is -0.900. The number of rotatable bonds is 5. The van der Waals surface area contributed by atoms with Crippen LogP contribution in [-0.4, -0.2) is 13.7 Å². The molecule has 1 aromatic carbocycles. The fourth-order valence-electron chi connectivity index (χ4n) is 1.26. The van der Waals surface area contributed by atoms with Crippen molar-refractivity contribution >= 4 is 23.2 Å². The maximum absolute atomic E-state index is 5.79. The number of nitrogens with two attached hydrogens (primary N) is 1. The Morgan fingerprint density at radius 2 is 2.18 bits per heavy atom. The Balaban J connectivity index is 2.85. The highest BCUT2D eigenvalue weighted by atomic mass is 35.5. The number of hydrogen-bond acceptors (Lipinski definition) is 3. The van der Waals surface area contributed by atoms with Crippen molar-refractivity contribution in [2.75, 3.05) is 13.7 Å². The molecule has 5 heteroatoms. The lowest BCUT2D eigenvalue weighted by molar-refractivity contribution is 0.323. The van der Waals surface area contributed by atoms with E-state index in [1.165, 1.54) is 5.54 Å². The molecule has 0 aromatic heterocycles. The zero-order chi connectivity index (χ0) is 12.8. The summed E-state index contributed by atoms with van der Waals surface area (Å²) in [6, 6.07) is 5.49. The van der Waals surface area contributed by atoms with Crippen molar-refractivity contribution in [1.82, 2.24) is 0 Å². The van der Waals surface area contributed by atoms with Crippen molar-refractivity contribution in [2.45, 2.75) is 13.0 Å². The smallest absolute Gasteiger partial charge is 0.161 e. The van der Waals surface area contributed by atoms with Crippen molar-refractivity contribution in [3.63, 3.8) is 0 Å². The zero-order valence-corrected chi connectivity index (χ0v) is 11.3. The van der Waals surface area contributed by atoms with Crippen molar-refractivity contribution in [3.05, 3.63) is 34.3 Å². The third kappa shape index (κ3) is 4.11. The van der Waals surface area contributed by atoms with Gasteiger partial charge in [-0.2, -0.15) is 0 Å². The monoisotopic (exact) mass is 275 g/mol. The summed E-state index contributed by atoms with van der Waals surface area (Å²) >= 11 is 11.2. The predicted octanol–water partition coefficient (Wildman–Crippen LogP) is 3.41. The van der Waals surface area contributed by atoms with Gasteiger partial charge in [-0.15, -0.1) is 0 Å². The lowest BCUT2D eigenvalue weighted by atomic mass is 10.1. The van der Waals surface area contributed by atoms with Crippen LogP contribution < -0.4 is 15.2 Å². The zero-order valence-electron chi connectivity index (χ0n) is 9.74. The lowest BCUT2D eigenvalue weighted by Gasteiger charge is -2.13. The minimum atomic E-state index is -0.0516. The molecule has 0 aliphatic carbocycles. The first-order chi connectivity index (χ1) is 8.08. The van der Waals surface area contributed by atoms with Gasteiger partial charge >= 0.3 is 0 Å². The second-order valence-electron chi connectivity index (χ2n) is 3.54. The van der Waals surface area contributed by atoms with E-state index in [1.807, 2.05) is 19.1 Å². The first-order valence-electron chi connectivity index (χ1n) is 5.09. The van der Waals surface area contributed by atoms with Crippen LogP contribution in [0, 0.1) is 0 Å². The number of benzene rings is 1. The molecule has 94 valence electrons. The standard InChI is InChI=1S/C12H15Cl2NO2/c1-8(15)9-3-4-11(12(5-9)16-2)17-7-10(14)6-13/h3-6,8H,7,15H2,1-2H3/t8-/m1/s1. The minimum absolute atomic E-state index is 0.0516. The van der Waals surface area contributed by atoms with Gasteiger partial charge in [0, 0.05) is 11.6 Å². The largest absolute Gasteiger partial charge is 0.493 e. The Kier molecular flexibility index (Phi) is 5.62. The first kappa shape index (κ1) is 14.2. The topological polar surface area (TPSA) is 44.5 Å². The van der Waals surface area contributed by atoms with Crippen molar-refractivity contribution < 1.29 is 9.47 Å². The molecule has 3 nitrogen and oxygen atoms in total. The van der Waals surface area contributed by atoms with Gasteiger partial charge in [-0.05, 0) is 24.6 Å². The van der Waals surface area contributed by atoms with Crippen LogP contribution in [0.15, 0.2) is 28.8 Å². The molecule has 0 saturated carbocycles. The molecule has 0 aliphatic heterocycles. The molecule has 0 saturated heterocycles. The quantitative estimate of drug-likeness (QED) is 0.896. The highest BCUT2D eigenvalue weighted by Crippen LogP contribution is 2.30. The summed E-state index contributed by atoms with van der Waals surface area (Å²) in [6.07, 6.45) is 0. The van der Waals surface area contributed by atoms with Crippen LogP contribution in [0.3, 0.4) is 0 Å². The third-order valence-corrected chi connectivity index (χ3v) is 2.79. The molecule has 0 radical (unpaired) electrons. The Morgan fingerprint density at radius 3 is 2.71 bits per heavy atom. The van der Waals surface area contributed by atoms with Gasteiger partial charge in [-0.3, -0.25) is 0 Å². The van der Waals surface area contributed by atoms with E-state index in [9.17, 15) is 0 Å². The van der Waals surface area contributed by atoms with E-state index in [0.717, 1.165) is 5.56 Å². The van der Waals surface area contributed by atoms with E-state index in [4.69, 9.17) is 38.4 Å². The molecule has 1 aromatic rings. The van der Waals surface area contributed by atoms with Gasteiger partial charge in [0.2, 0.25) is 0 Å². The van der Waals surface area contributed by atoms with Gasteiger partial charge in [0.25, 0.3) is 0 Å². The molecule has 0 fully saturated rings. The summed E-state index contributed by atoms with van der Waals surface area (Å²) in [4.78, 5) is 0. The van der Waals surface area contributed by atoms with Gasteiger partial charge in [0.15, 0.2) is 11.5 Å². The van der Waals surface area contributed by atoms with Crippen LogP contribution in [0.25, 0.3) is 0 Å². The normalized spacial score (nSPS) is 13.4. The molecule has 0 bridgehead atoms. The van der Waals surface area contributed by atoms with Gasteiger partial charge in [-0.1, -0.05) is 29.3 Å². The number of hydrogen-bond donors (Lipinski definition) is 1. The summed E-state index contributed by atoms with van der Waals surface area (Å²) in [6.45, 7) is 2.11. The van der Waals surface area contributed by atoms with Gasteiger partial charge in [0.05, 0.1) is 12.1 Å². The fourth-order valence-corrected chi connectivity index (χ4v) is 1.38. The van der Waals surface area contributed by atoms with Crippen LogP contribution in [-0.2, 0) is 0 Å². The van der Waals surface area contributed by atoms with Crippen LogP contribution in [0.1, 0.15) is 18.5 Å². The molecule has 1 atom stereocenters. The highest BCUT2D eigenvalue weighted by molar-refractivity contribution is 6.36. The van der Waals surface area contributed by atoms with Crippen LogP contribution in [0.5, 0.6) is 11.5 Å². The van der Waals surface area contributed by atoms with Gasteiger partial charge in [-0.25, -0.2) is 0 Å². The van der Waals surface area contributed by atoms with Crippen LogP contribution in [0.2, 0.25) is 0 Å². The van der Waals surface area contributed by atoms with E-state index in [-0.39, 0.29) is 12.6 Å². The average Bonchev–Trinajstić information content (AvgIpc) is 2.35. The van der Waals surface area contributed by atoms with E-state index in [1.54, 1.807) is 13.2 Å². The second-order valence-corrected chi connectivity index (χ2v) is 4.25. The van der Waals surface area contributed by atoms with Crippen molar-refractivity contribution in [1.29, 1.82) is 0 Å². The molecule has 0 unspecified atom stereocenters. The number of halogens is 2. The van der Waals surface area contributed by atoms with Gasteiger partial charge in [0.1, 0.15) is 6.61 Å². The summed E-state index contributed by atoms with van der Waals surface area (Å²) in [5.74, 6) is 1.23. The molecule has 0 spiro atoms. The molecule has 2 N–H and O–H groups in total. The van der Waals surface area contributed by atoms with E-state index >= 15 is 0 Å². The fraction of sp³-hybridized carbons (Fsp3) is 0.333. The number of ether oxygens (including phenoxy) is 2.